The average molecular weight is 405 g/mol. The first kappa shape index (κ1) is 21.6. The number of halogens is 2. The fourth-order valence-corrected chi connectivity index (χ4v) is 3.77. The minimum atomic E-state index is -1.64. The van der Waals surface area contributed by atoms with Crippen LogP contribution in [0.1, 0.15) is 23.7 Å². The van der Waals surface area contributed by atoms with Crippen LogP contribution in [0.3, 0.4) is 0 Å². The van der Waals surface area contributed by atoms with E-state index in [4.69, 9.17) is 10.5 Å². The Kier molecular flexibility index (Phi) is 7.16. The van der Waals surface area contributed by atoms with Gasteiger partial charge >= 0.3 is 0 Å². The van der Waals surface area contributed by atoms with Crippen molar-refractivity contribution in [1.82, 2.24) is 15.6 Å². The summed E-state index contributed by atoms with van der Waals surface area (Å²) in [5, 5.41) is 6.44. The minimum Gasteiger partial charge on any atom is -0.384 e. The smallest absolute Gasteiger partial charge is 0.145 e. The van der Waals surface area contributed by atoms with Gasteiger partial charge in [-0.25, -0.2) is 13.8 Å². The maximum Gasteiger partial charge on any atom is 0.145 e. The molecule has 0 spiro atoms. The zero-order valence-electron chi connectivity index (χ0n) is 17.1. The zero-order chi connectivity index (χ0) is 20.9. The number of nitrogens with zero attached hydrogens (tertiary/aromatic N) is 1. The second kappa shape index (κ2) is 9.61. The summed E-state index contributed by atoms with van der Waals surface area (Å²) in [6.07, 6.45) is 0.888. The topological polar surface area (TPSA) is 72.2 Å². The van der Waals surface area contributed by atoms with Crippen molar-refractivity contribution in [2.45, 2.75) is 32.0 Å². The largest absolute Gasteiger partial charge is 0.384 e. The van der Waals surface area contributed by atoms with E-state index in [2.05, 4.69) is 21.7 Å². The molecule has 0 amide bonds. The Labute approximate surface area is 171 Å². The average Bonchev–Trinajstić information content (AvgIpc) is 3.07. The molecule has 1 unspecified atom stereocenters. The van der Waals surface area contributed by atoms with Crippen LogP contribution in [0, 0.1) is 18.7 Å². The van der Waals surface area contributed by atoms with E-state index in [1.165, 1.54) is 25.1 Å². The summed E-state index contributed by atoms with van der Waals surface area (Å²) in [5.41, 5.74) is 6.62. The summed E-state index contributed by atoms with van der Waals surface area (Å²) < 4.78 is 34.2. The van der Waals surface area contributed by atoms with E-state index in [0.717, 1.165) is 30.8 Å². The van der Waals surface area contributed by atoms with E-state index >= 15 is 0 Å². The van der Waals surface area contributed by atoms with Crippen molar-refractivity contribution in [2.24, 2.45) is 5.92 Å². The van der Waals surface area contributed by atoms with Crippen LogP contribution in [-0.4, -0.2) is 43.9 Å². The van der Waals surface area contributed by atoms with E-state index in [1.54, 1.807) is 6.07 Å². The number of hydrogen-bond acceptors (Lipinski definition) is 5. The normalized spacial score (nSPS) is 21.2. The quantitative estimate of drug-likeness (QED) is 0.561. The number of anilines is 1. The maximum atomic E-state index is 14.8. The Bertz CT molecular complexity index is 795. The molecule has 2 aromatic rings. The second-order valence-corrected chi connectivity index (χ2v) is 7.98. The molecule has 0 bridgehead atoms. The Morgan fingerprint density at radius 3 is 2.90 bits per heavy atom. The molecule has 0 radical (unpaired) electrons. The van der Waals surface area contributed by atoms with Crippen molar-refractivity contribution >= 4 is 5.82 Å². The molecule has 4 N–H and O–H groups in total. The van der Waals surface area contributed by atoms with Gasteiger partial charge in [0.1, 0.15) is 17.3 Å². The van der Waals surface area contributed by atoms with Crippen LogP contribution >= 0.6 is 0 Å². The van der Waals surface area contributed by atoms with Crippen LogP contribution in [0.15, 0.2) is 36.4 Å². The van der Waals surface area contributed by atoms with E-state index < -0.39 is 11.5 Å². The minimum absolute atomic E-state index is 0.0836. The molecular formula is C22H30F2N4O. The highest BCUT2D eigenvalue weighted by molar-refractivity contribution is 5.34. The predicted octanol–water partition coefficient (Wildman–Crippen LogP) is 2.73. The van der Waals surface area contributed by atoms with Gasteiger partial charge in [-0.1, -0.05) is 12.1 Å². The number of pyridine rings is 1. The highest BCUT2D eigenvalue weighted by Crippen LogP contribution is 2.25. The predicted molar refractivity (Wildman–Crippen MR) is 111 cm³/mol. The molecule has 1 aliphatic heterocycles. The molecular weight excluding hydrogens is 374 g/mol. The van der Waals surface area contributed by atoms with Crippen LogP contribution < -0.4 is 16.4 Å². The molecule has 0 aliphatic carbocycles. The number of hydrogen-bond donors (Lipinski definition) is 3. The summed E-state index contributed by atoms with van der Waals surface area (Å²) in [6.45, 7) is 6.22. The summed E-state index contributed by atoms with van der Waals surface area (Å²) in [6, 6.07) is 9.59. The van der Waals surface area contributed by atoms with Crippen molar-refractivity contribution in [3.8, 4) is 0 Å². The van der Waals surface area contributed by atoms with E-state index in [0.29, 0.717) is 30.5 Å². The first-order valence-electron chi connectivity index (χ1n) is 10.0. The van der Waals surface area contributed by atoms with Crippen molar-refractivity contribution in [3.05, 3.63) is 59.0 Å². The number of benzene rings is 1. The van der Waals surface area contributed by atoms with E-state index in [1.807, 2.05) is 13.0 Å². The van der Waals surface area contributed by atoms with E-state index in [-0.39, 0.29) is 12.6 Å². The SMILES string of the molecule is Cc1cc(N)nc(C[C@@H]2CNC[C@@H]2OCCNCC(C)(F)c2cccc(F)c2)c1. The Balaban J connectivity index is 1.42. The Morgan fingerprint density at radius 2 is 2.14 bits per heavy atom. The highest BCUT2D eigenvalue weighted by Gasteiger charge is 2.29. The number of alkyl halides is 1. The van der Waals surface area contributed by atoms with Gasteiger partial charge in [-0.2, -0.15) is 0 Å². The second-order valence-electron chi connectivity index (χ2n) is 7.98. The van der Waals surface area contributed by atoms with Crippen molar-refractivity contribution in [2.75, 3.05) is 38.5 Å². The summed E-state index contributed by atoms with van der Waals surface area (Å²) in [4.78, 5) is 4.42. The Morgan fingerprint density at radius 1 is 1.31 bits per heavy atom. The molecule has 5 nitrogen and oxygen atoms in total. The molecule has 0 saturated carbocycles. The zero-order valence-corrected chi connectivity index (χ0v) is 17.1. The fraction of sp³-hybridized carbons (Fsp3) is 0.500. The lowest BCUT2D eigenvalue weighted by atomic mass is 9.98. The van der Waals surface area contributed by atoms with Crippen LogP contribution in [0.25, 0.3) is 0 Å². The molecule has 1 fully saturated rings. The lowest BCUT2D eigenvalue weighted by Crippen LogP contribution is -2.35. The van der Waals surface area contributed by atoms with Gasteiger partial charge in [0.15, 0.2) is 0 Å². The Hall–Kier alpha value is -2.09. The number of nitrogens with one attached hydrogen (secondary N) is 2. The molecule has 29 heavy (non-hydrogen) atoms. The van der Waals surface area contributed by atoms with E-state index in [9.17, 15) is 8.78 Å². The summed E-state index contributed by atoms with van der Waals surface area (Å²) in [7, 11) is 0. The monoisotopic (exact) mass is 404 g/mol. The standard InChI is InChI=1S/C22H30F2N4O/c1-15-8-19(28-21(25)9-15)10-16-12-27-13-20(16)29-7-6-26-14-22(2,24)17-4-3-5-18(23)11-17/h3-5,8-9,11,16,20,26-27H,6-7,10,12-14H2,1-2H3,(H2,25,28)/t16-,20+,22?/m1/s1. The third-order valence-corrected chi connectivity index (χ3v) is 5.29. The maximum absolute atomic E-state index is 14.8. The lowest BCUT2D eigenvalue weighted by molar-refractivity contribution is 0.0379. The highest BCUT2D eigenvalue weighted by atomic mass is 19.1. The number of aryl methyl sites for hydroxylation is 1. The third kappa shape index (κ3) is 6.19. The number of aromatic nitrogens is 1. The molecule has 3 atom stereocenters. The number of ether oxygens (including phenoxy) is 1. The first-order chi connectivity index (χ1) is 13.8. The number of nitrogens with two attached hydrogens (primary N) is 1. The fourth-order valence-electron chi connectivity index (χ4n) is 3.77. The van der Waals surface area contributed by atoms with Crippen molar-refractivity contribution in [3.63, 3.8) is 0 Å². The lowest BCUT2D eigenvalue weighted by Gasteiger charge is -2.23. The summed E-state index contributed by atoms with van der Waals surface area (Å²) >= 11 is 0. The van der Waals surface area contributed by atoms with Crippen LogP contribution in [0.5, 0.6) is 0 Å². The molecule has 1 aromatic carbocycles. The number of rotatable bonds is 9. The molecule has 7 heteroatoms. The van der Waals surface area contributed by atoms with Crippen molar-refractivity contribution in [1.29, 1.82) is 0 Å². The third-order valence-electron chi connectivity index (χ3n) is 5.29. The van der Waals surface area contributed by atoms with Gasteiger partial charge < -0.3 is 21.1 Å². The molecule has 1 aliphatic rings. The van der Waals surface area contributed by atoms with Gasteiger partial charge in [0.25, 0.3) is 0 Å². The molecule has 158 valence electrons. The molecule has 3 rings (SSSR count). The molecule has 1 aromatic heterocycles. The van der Waals surface area contributed by atoms with Gasteiger partial charge in [-0.15, -0.1) is 0 Å². The van der Waals surface area contributed by atoms with Crippen LogP contribution in [0.4, 0.5) is 14.6 Å². The number of nitrogen functional groups attached to an aromatic ring is 1. The van der Waals surface area contributed by atoms with Crippen LogP contribution in [0.2, 0.25) is 0 Å². The molecule has 2 heterocycles. The van der Waals surface area contributed by atoms with Gasteiger partial charge in [-0.05, 0) is 55.7 Å². The van der Waals surface area contributed by atoms with Crippen molar-refractivity contribution < 1.29 is 13.5 Å². The molecule has 1 saturated heterocycles. The van der Waals surface area contributed by atoms with Gasteiger partial charge in [0.2, 0.25) is 0 Å². The van der Waals surface area contributed by atoms with Gasteiger partial charge in [0.05, 0.1) is 12.7 Å². The first-order valence-corrected chi connectivity index (χ1v) is 10.0. The van der Waals surface area contributed by atoms with Gasteiger partial charge in [0, 0.05) is 37.8 Å². The van der Waals surface area contributed by atoms with Crippen LogP contribution in [-0.2, 0) is 16.8 Å². The van der Waals surface area contributed by atoms with Gasteiger partial charge in [-0.3, -0.25) is 0 Å². The summed E-state index contributed by atoms with van der Waals surface area (Å²) in [5.74, 6) is 0.432.